The summed E-state index contributed by atoms with van der Waals surface area (Å²) >= 11 is 3.45. The standard InChI is InChI=1S/C32H31BrFN3O4S/c1-23-15-17-27(18-16-23)42(40,41)37(29-14-7-6-13-28(29)34)22-31(38)36(21-25-11-8-12-26(33)19-25)30(32(39)35-2)20-24-9-4-3-5-10-24/h3-19,30H,20-22H2,1-2H3,(H,35,39)/t30-/m1/s1. The number of hydrogen-bond donors (Lipinski definition) is 1. The highest BCUT2D eigenvalue weighted by Gasteiger charge is 2.35. The predicted molar refractivity (Wildman–Crippen MR) is 165 cm³/mol. The van der Waals surface area contributed by atoms with Crippen molar-refractivity contribution in [3.05, 3.63) is 130 Å². The molecule has 0 heterocycles. The third-order valence-corrected chi connectivity index (χ3v) is 9.04. The molecule has 4 aromatic rings. The van der Waals surface area contributed by atoms with Gasteiger partial charge >= 0.3 is 0 Å². The van der Waals surface area contributed by atoms with Gasteiger partial charge in [0.05, 0.1) is 10.6 Å². The van der Waals surface area contributed by atoms with Gasteiger partial charge in [-0.2, -0.15) is 0 Å². The number of halogens is 2. The van der Waals surface area contributed by atoms with E-state index in [2.05, 4.69) is 21.2 Å². The zero-order valence-electron chi connectivity index (χ0n) is 23.2. The van der Waals surface area contributed by atoms with Gasteiger partial charge in [0.15, 0.2) is 0 Å². The quantitative estimate of drug-likeness (QED) is 0.233. The average molecular weight is 653 g/mol. The average Bonchev–Trinajstić information content (AvgIpc) is 2.98. The van der Waals surface area contributed by atoms with Crippen molar-refractivity contribution in [2.75, 3.05) is 17.9 Å². The number of nitrogens with one attached hydrogen (secondary N) is 1. The minimum Gasteiger partial charge on any atom is -0.357 e. The Labute approximate surface area is 254 Å². The molecule has 4 rings (SSSR count). The van der Waals surface area contributed by atoms with E-state index < -0.39 is 40.2 Å². The SMILES string of the molecule is CNC(=O)[C@@H](Cc1ccccc1)N(Cc1cccc(Br)c1)C(=O)CN(c1ccccc1F)S(=O)(=O)c1ccc(C)cc1. The molecule has 0 fully saturated rings. The molecule has 0 aliphatic carbocycles. The van der Waals surface area contributed by atoms with Crippen LogP contribution in [0.4, 0.5) is 10.1 Å². The Kier molecular flexibility index (Phi) is 10.1. The molecule has 0 aliphatic rings. The van der Waals surface area contributed by atoms with Crippen LogP contribution in [0.2, 0.25) is 0 Å². The monoisotopic (exact) mass is 651 g/mol. The van der Waals surface area contributed by atoms with Crippen LogP contribution in [0.1, 0.15) is 16.7 Å². The van der Waals surface area contributed by atoms with Gasteiger partial charge in [0, 0.05) is 24.5 Å². The normalized spacial score (nSPS) is 11.9. The molecule has 4 aromatic carbocycles. The third kappa shape index (κ3) is 7.43. The highest BCUT2D eigenvalue weighted by atomic mass is 79.9. The van der Waals surface area contributed by atoms with Gasteiger partial charge in [0.2, 0.25) is 11.8 Å². The number of sulfonamides is 1. The van der Waals surface area contributed by atoms with Crippen molar-refractivity contribution in [2.45, 2.75) is 30.8 Å². The number of aryl methyl sites for hydroxylation is 1. The Morgan fingerprint density at radius 1 is 0.881 bits per heavy atom. The van der Waals surface area contributed by atoms with Crippen molar-refractivity contribution in [2.24, 2.45) is 0 Å². The van der Waals surface area contributed by atoms with Gasteiger partial charge in [0.1, 0.15) is 18.4 Å². The van der Waals surface area contributed by atoms with Crippen molar-refractivity contribution in [1.82, 2.24) is 10.2 Å². The van der Waals surface area contributed by atoms with Crippen LogP contribution in [-0.4, -0.2) is 44.8 Å². The Hall–Kier alpha value is -4.02. The van der Waals surface area contributed by atoms with E-state index in [0.717, 1.165) is 31.5 Å². The van der Waals surface area contributed by atoms with Crippen molar-refractivity contribution in [3.8, 4) is 0 Å². The van der Waals surface area contributed by atoms with Crippen molar-refractivity contribution < 1.29 is 22.4 Å². The van der Waals surface area contributed by atoms with Gasteiger partial charge in [0.25, 0.3) is 10.0 Å². The molecule has 0 radical (unpaired) electrons. The summed E-state index contributed by atoms with van der Waals surface area (Å²) in [5.74, 6) is -1.88. The van der Waals surface area contributed by atoms with E-state index in [9.17, 15) is 18.0 Å². The predicted octanol–water partition coefficient (Wildman–Crippen LogP) is 5.48. The molecule has 0 aliphatic heterocycles. The van der Waals surface area contributed by atoms with Crippen molar-refractivity contribution >= 4 is 43.5 Å². The minimum atomic E-state index is -4.37. The topological polar surface area (TPSA) is 86.8 Å². The lowest BCUT2D eigenvalue weighted by Crippen LogP contribution is -2.53. The van der Waals surface area contributed by atoms with E-state index >= 15 is 4.39 Å². The molecule has 1 atom stereocenters. The van der Waals surface area contributed by atoms with Crippen molar-refractivity contribution in [3.63, 3.8) is 0 Å². The van der Waals surface area contributed by atoms with Crippen LogP contribution in [-0.2, 0) is 32.6 Å². The number of carbonyl (C=O) groups is 2. The van der Waals surface area contributed by atoms with E-state index in [1.165, 1.54) is 42.3 Å². The van der Waals surface area contributed by atoms with E-state index in [0.29, 0.717) is 0 Å². The zero-order valence-corrected chi connectivity index (χ0v) is 25.6. The van der Waals surface area contributed by atoms with Crippen LogP contribution >= 0.6 is 15.9 Å². The fraction of sp³-hybridized carbons (Fsp3) is 0.188. The fourth-order valence-electron chi connectivity index (χ4n) is 4.56. The minimum absolute atomic E-state index is 0.0128. The summed E-state index contributed by atoms with van der Waals surface area (Å²) in [5.41, 5.74) is 2.11. The van der Waals surface area contributed by atoms with Gasteiger partial charge < -0.3 is 10.2 Å². The first-order valence-corrected chi connectivity index (χ1v) is 15.5. The summed E-state index contributed by atoms with van der Waals surface area (Å²) in [4.78, 5) is 28.8. The molecule has 0 bridgehead atoms. The number of para-hydroxylation sites is 1. The van der Waals surface area contributed by atoms with Gasteiger partial charge in [-0.05, 0) is 54.4 Å². The molecule has 0 aromatic heterocycles. The van der Waals surface area contributed by atoms with Gasteiger partial charge in [-0.25, -0.2) is 12.8 Å². The van der Waals surface area contributed by atoms with Crippen LogP contribution in [0.25, 0.3) is 0 Å². The number of benzene rings is 4. The summed E-state index contributed by atoms with van der Waals surface area (Å²) in [6.45, 7) is 1.10. The molecule has 7 nitrogen and oxygen atoms in total. The highest BCUT2D eigenvalue weighted by Crippen LogP contribution is 2.27. The largest absolute Gasteiger partial charge is 0.357 e. The Morgan fingerprint density at radius 2 is 1.52 bits per heavy atom. The van der Waals surface area contributed by atoms with Crippen LogP contribution < -0.4 is 9.62 Å². The number of carbonyl (C=O) groups excluding carboxylic acids is 2. The molecular weight excluding hydrogens is 621 g/mol. The van der Waals surface area contributed by atoms with Crippen molar-refractivity contribution in [1.29, 1.82) is 0 Å². The lowest BCUT2D eigenvalue weighted by molar-refractivity contribution is -0.139. The number of amides is 2. The molecule has 0 saturated carbocycles. The maximum Gasteiger partial charge on any atom is 0.264 e. The first-order valence-electron chi connectivity index (χ1n) is 13.2. The van der Waals surface area contributed by atoms with Gasteiger partial charge in [-0.3, -0.25) is 13.9 Å². The molecule has 0 saturated heterocycles. The fourth-order valence-corrected chi connectivity index (χ4v) is 6.43. The number of hydrogen-bond acceptors (Lipinski definition) is 4. The van der Waals surface area contributed by atoms with Gasteiger partial charge in [-0.1, -0.05) is 88.2 Å². The lowest BCUT2D eigenvalue weighted by Gasteiger charge is -2.33. The Morgan fingerprint density at radius 3 is 2.17 bits per heavy atom. The third-order valence-electron chi connectivity index (χ3n) is 6.77. The smallest absolute Gasteiger partial charge is 0.264 e. The second-order valence-electron chi connectivity index (χ2n) is 9.75. The molecule has 0 spiro atoms. The van der Waals surface area contributed by atoms with Gasteiger partial charge in [-0.15, -0.1) is 0 Å². The second-order valence-corrected chi connectivity index (χ2v) is 12.5. The van der Waals surface area contributed by atoms with E-state index in [4.69, 9.17) is 0 Å². The van der Waals surface area contributed by atoms with Crippen LogP contribution in [0.5, 0.6) is 0 Å². The summed E-state index contributed by atoms with van der Waals surface area (Å²) in [7, 11) is -2.89. The lowest BCUT2D eigenvalue weighted by atomic mass is 10.0. The highest BCUT2D eigenvalue weighted by molar-refractivity contribution is 9.10. The number of anilines is 1. The number of nitrogens with zero attached hydrogens (tertiary/aromatic N) is 2. The summed E-state index contributed by atoms with van der Waals surface area (Å²) in [5, 5.41) is 2.64. The first-order chi connectivity index (χ1) is 20.1. The Balaban J connectivity index is 1.80. The maximum absolute atomic E-state index is 15.1. The summed E-state index contributed by atoms with van der Waals surface area (Å²) < 4.78 is 44.5. The molecule has 0 unspecified atom stereocenters. The molecule has 10 heteroatoms. The molecule has 2 amide bonds. The number of likely N-dealkylation sites (N-methyl/N-ethyl adjacent to an activating group) is 1. The van der Waals surface area contributed by atoms with E-state index in [1.807, 2.05) is 61.5 Å². The summed E-state index contributed by atoms with van der Waals surface area (Å²) in [6, 6.07) is 27.0. The maximum atomic E-state index is 15.1. The Bertz CT molecular complexity index is 1650. The molecular formula is C32H31BrFN3O4S. The molecule has 218 valence electrons. The van der Waals surface area contributed by atoms with Crippen LogP contribution in [0.3, 0.4) is 0 Å². The molecule has 1 N–H and O–H groups in total. The molecule has 42 heavy (non-hydrogen) atoms. The van der Waals surface area contributed by atoms with E-state index in [1.54, 1.807) is 12.1 Å². The second kappa shape index (κ2) is 13.8. The van der Waals surface area contributed by atoms with Crippen LogP contribution in [0.15, 0.2) is 112 Å². The first kappa shape index (κ1) is 30.9. The van der Waals surface area contributed by atoms with Crippen LogP contribution in [0, 0.1) is 12.7 Å². The summed E-state index contributed by atoms with van der Waals surface area (Å²) in [6.07, 6.45) is 0.185. The number of rotatable bonds is 11. The zero-order chi connectivity index (χ0) is 30.3. The van der Waals surface area contributed by atoms with E-state index in [-0.39, 0.29) is 23.5 Å².